The van der Waals surface area contributed by atoms with E-state index in [9.17, 15) is 26.4 Å². The fraction of sp³-hybridized carbons (Fsp3) is 0.522. The first-order valence-electron chi connectivity index (χ1n) is 11.1. The summed E-state index contributed by atoms with van der Waals surface area (Å²) in [4.78, 5) is 9.26. The zero-order valence-electron chi connectivity index (χ0n) is 19.8. The maximum absolute atomic E-state index is 13.7. The van der Waals surface area contributed by atoms with Crippen LogP contribution in [0.2, 0.25) is 0 Å². The zero-order valence-corrected chi connectivity index (χ0v) is 20.7. The molecule has 196 valence electrons. The molecule has 2 N–H and O–H groups in total. The largest absolute Gasteiger partial charge is 0.465 e. The summed E-state index contributed by atoms with van der Waals surface area (Å²) in [6.45, 7) is 3.21. The molecule has 2 aliphatic rings. The third kappa shape index (κ3) is 5.82. The molecule has 2 aliphatic carbocycles. The highest BCUT2D eigenvalue weighted by atomic mass is 32.2. The number of nitrogens with one attached hydrogen (secondary N) is 1. The molecule has 2 fully saturated rings. The van der Waals surface area contributed by atoms with Gasteiger partial charge in [0.25, 0.3) is 0 Å². The number of carbonyl (C=O) groups is 1. The smallest absolute Gasteiger partial charge is 0.417 e. The number of aromatic nitrogens is 1. The van der Waals surface area contributed by atoms with Gasteiger partial charge in [-0.15, -0.1) is 0 Å². The summed E-state index contributed by atoms with van der Waals surface area (Å²) >= 11 is 0. The van der Waals surface area contributed by atoms with Crippen LogP contribution in [0.1, 0.15) is 49.1 Å². The van der Waals surface area contributed by atoms with Crippen molar-refractivity contribution < 1.29 is 40.8 Å². The molecule has 1 aromatic carbocycles. The second-order valence-electron chi connectivity index (χ2n) is 8.87. The van der Waals surface area contributed by atoms with Crippen molar-refractivity contribution >= 4 is 15.9 Å². The van der Waals surface area contributed by atoms with E-state index >= 15 is 0 Å². The van der Waals surface area contributed by atoms with Crippen molar-refractivity contribution in [2.24, 2.45) is 0 Å². The molecule has 0 aliphatic heterocycles. The monoisotopic (exact) mass is 529 g/mol. The van der Waals surface area contributed by atoms with E-state index in [1.807, 2.05) is 6.07 Å². The molecule has 1 amide bonds. The van der Waals surface area contributed by atoms with Crippen LogP contribution in [0.25, 0.3) is 11.1 Å². The van der Waals surface area contributed by atoms with E-state index < -0.39 is 43.4 Å². The summed E-state index contributed by atoms with van der Waals surface area (Å²) in [7, 11) is -2.67. The van der Waals surface area contributed by atoms with Gasteiger partial charge in [-0.25, -0.2) is 13.2 Å². The van der Waals surface area contributed by atoms with Crippen LogP contribution in [0.5, 0.6) is 0 Å². The van der Waals surface area contributed by atoms with Gasteiger partial charge in [-0.3, -0.25) is 0 Å². The lowest BCUT2D eigenvalue weighted by Gasteiger charge is -2.18. The number of alkyl halides is 3. The fourth-order valence-electron chi connectivity index (χ4n) is 4.22. The Bertz CT molecular complexity index is 1260. The van der Waals surface area contributed by atoms with E-state index in [4.69, 9.17) is 19.6 Å². The van der Waals surface area contributed by atoms with Gasteiger partial charge in [0.1, 0.15) is 11.3 Å². The summed E-state index contributed by atoms with van der Waals surface area (Å²) < 4.78 is 77.1. The molecule has 9 nitrogen and oxygen atoms in total. The molecule has 4 rings (SSSR count). The molecule has 2 aromatic rings. The van der Waals surface area contributed by atoms with E-state index in [2.05, 4.69) is 10.5 Å². The van der Waals surface area contributed by atoms with Crippen LogP contribution in [0.15, 0.2) is 27.6 Å². The normalized spacial score (nSPS) is 20.7. The Labute approximate surface area is 206 Å². The van der Waals surface area contributed by atoms with Crippen molar-refractivity contribution in [3.8, 4) is 17.2 Å². The Morgan fingerprint density at radius 3 is 2.39 bits per heavy atom. The molecule has 2 saturated carbocycles. The van der Waals surface area contributed by atoms with E-state index in [1.165, 1.54) is 13.2 Å². The maximum atomic E-state index is 13.7. The minimum absolute atomic E-state index is 0.196. The van der Waals surface area contributed by atoms with Crippen LogP contribution in [0.3, 0.4) is 0 Å². The number of rotatable bonds is 5. The summed E-state index contributed by atoms with van der Waals surface area (Å²) in [6.07, 6.45) is -3.89. The first-order chi connectivity index (χ1) is 16.7. The second kappa shape index (κ2) is 10.1. The number of carboxylic acid groups (broad SMARTS) is 1. The molecular formula is C23H26F3N3O6S. The fourth-order valence-corrected chi connectivity index (χ4v) is 6.23. The molecule has 1 heterocycles. The van der Waals surface area contributed by atoms with Crippen LogP contribution >= 0.6 is 0 Å². The lowest BCUT2D eigenvalue weighted by Crippen LogP contribution is -2.33. The Balaban J connectivity index is 0.000000338. The number of nitriles is 1. The molecule has 2 atom stereocenters. The number of nitrogens with zero attached hydrogens (tertiary/aromatic N) is 2. The van der Waals surface area contributed by atoms with Gasteiger partial charge in [0.15, 0.2) is 9.84 Å². The molecule has 0 saturated heterocycles. The quantitative estimate of drug-likeness (QED) is 0.571. The molecule has 13 heteroatoms. The molecule has 0 bridgehead atoms. The molecule has 1 aromatic heterocycles. The van der Waals surface area contributed by atoms with Crippen molar-refractivity contribution in [3.05, 3.63) is 35.2 Å². The Kier molecular flexibility index (Phi) is 7.71. The van der Waals surface area contributed by atoms with Gasteiger partial charge in [-0.2, -0.15) is 18.4 Å². The molecular weight excluding hydrogens is 503 g/mol. The number of ether oxygens (including phenoxy) is 1. The van der Waals surface area contributed by atoms with Crippen LogP contribution < -0.4 is 5.32 Å². The minimum atomic E-state index is -4.81. The number of sulfone groups is 1. The topological polar surface area (TPSA) is 143 Å². The van der Waals surface area contributed by atoms with E-state index in [0.29, 0.717) is 36.3 Å². The SMILES string of the molecule is CO[C@@H]1CC[C@@H](S(=O)(=O)c2ccc(-c3c(C)noc3C)cc2C(F)(F)F)C1.N#CC1(NC(=O)O)CC1. The summed E-state index contributed by atoms with van der Waals surface area (Å²) in [5.41, 5.74) is -0.800. The average molecular weight is 530 g/mol. The van der Waals surface area contributed by atoms with Gasteiger partial charge in [0.05, 0.1) is 33.6 Å². The van der Waals surface area contributed by atoms with Crippen LogP contribution in [0.4, 0.5) is 18.0 Å². The second-order valence-corrected chi connectivity index (χ2v) is 11.1. The predicted molar refractivity (Wildman–Crippen MR) is 121 cm³/mol. The van der Waals surface area contributed by atoms with Crippen molar-refractivity contribution in [1.29, 1.82) is 5.26 Å². The summed E-state index contributed by atoms with van der Waals surface area (Å²) in [5, 5.41) is 21.5. The number of methoxy groups -OCH3 is 1. The van der Waals surface area contributed by atoms with Gasteiger partial charge in [-0.1, -0.05) is 11.2 Å². The third-order valence-electron chi connectivity index (χ3n) is 6.33. The third-order valence-corrected chi connectivity index (χ3v) is 8.61. The summed E-state index contributed by atoms with van der Waals surface area (Å²) in [6, 6.07) is 5.17. The van der Waals surface area contributed by atoms with Gasteiger partial charge in [0.2, 0.25) is 0 Å². The number of halogens is 3. The standard InChI is InChI=1S/C18H20F3NO4S.C5H6N2O2/c1-10-17(11(2)26-22-10)12-4-7-16(15(8-12)18(19,20)21)27(23,24)14-6-5-13(9-14)25-3;6-3-5(1-2-5)7-4(8)9/h4,7-8,13-14H,5-6,9H2,1-3H3;7H,1-2H2,(H,8,9)/t13-,14-;/m1./s1. The van der Waals surface area contributed by atoms with Crippen LogP contribution in [0, 0.1) is 25.2 Å². The lowest BCUT2D eigenvalue weighted by molar-refractivity contribution is -0.139. The number of benzene rings is 1. The summed E-state index contributed by atoms with van der Waals surface area (Å²) in [5.74, 6) is 0.370. The Hall–Kier alpha value is -3.11. The van der Waals surface area contributed by atoms with Gasteiger partial charge in [0, 0.05) is 12.7 Å². The highest BCUT2D eigenvalue weighted by molar-refractivity contribution is 7.92. The van der Waals surface area contributed by atoms with Gasteiger partial charge < -0.3 is 19.7 Å². The number of amides is 1. The molecule has 0 radical (unpaired) electrons. The molecule has 0 spiro atoms. The van der Waals surface area contributed by atoms with Crippen LogP contribution in [-0.4, -0.2) is 48.8 Å². The van der Waals surface area contributed by atoms with E-state index in [-0.39, 0.29) is 24.5 Å². The van der Waals surface area contributed by atoms with Crippen molar-refractivity contribution in [2.75, 3.05) is 7.11 Å². The first-order valence-corrected chi connectivity index (χ1v) is 12.6. The van der Waals surface area contributed by atoms with Crippen LogP contribution in [-0.2, 0) is 20.8 Å². The first kappa shape index (κ1) is 27.5. The van der Waals surface area contributed by atoms with Gasteiger partial charge in [-0.05, 0) is 63.6 Å². The molecule has 36 heavy (non-hydrogen) atoms. The van der Waals surface area contributed by atoms with E-state index in [1.54, 1.807) is 13.8 Å². The van der Waals surface area contributed by atoms with E-state index in [0.717, 1.165) is 12.1 Å². The average Bonchev–Trinajstić information content (AvgIpc) is 3.24. The van der Waals surface area contributed by atoms with Crippen molar-refractivity contribution in [1.82, 2.24) is 10.5 Å². The predicted octanol–water partition coefficient (Wildman–Crippen LogP) is 4.63. The highest BCUT2D eigenvalue weighted by Gasteiger charge is 2.45. The Morgan fingerprint density at radius 1 is 1.31 bits per heavy atom. The minimum Gasteiger partial charge on any atom is -0.465 e. The van der Waals surface area contributed by atoms with Crippen molar-refractivity contribution in [3.63, 3.8) is 0 Å². The zero-order chi connectivity index (χ0) is 26.9. The highest BCUT2D eigenvalue weighted by Crippen LogP contribution is 2.41. The number of hydrogen-bond acceptors (Lipinski definition) is 7. The molecule has 0 unspecified atom stereocenters. The Morgan fingerprint density at radius 2 is 1.97 bits per heavy atom. The van der Waals surface area contributed by atoms with Crippen molar-refractivity contribution in [2.45, 2.75) is 73.9 Å². The number of aryl methyl sites for hydroxylation is 2. The number of hydrogen-bond donors (Lipinski definition) is 2. The lowest BCUT2D eigenvalue weighted by atomic mass is 10.0. The van der Waals surface area contributed by atoms with Gasteiger partial charge >= 0.3 is 12.3 Å². The maximum Gasteiger partial charge on any atom is 0.417 e.